The molecule has 0 saturated carbocycles. The average Bonchev–Trinajstić information content (AvgIpc) is 2.85. The van der Waals surface area contributed by atoms with Gasteiger partial charge in [0.05, 0.1) is 13.2 Å². The van der Waals surface area contributed by atoms with Crippen LogP contribution in [0.2, 0.25) is 0 Å². The molecule has 2 heterocycles. The highest BCUT2D eigenvalue weighted by molar-refractivity contribution is 7.15. The number of rotatable bonds is 4. The molecular formula is C11H13N5O2S. The lowest BCUT2D eigenvalue weighted by Gasteiger charge is -2.10. The lowest BCUT2D eigenvalue weighted by atomic mass is 10.2. The molecule has 2 rings (SSSR count). The van der Waals surface area contributed by atoms with Crippen LogP contribution in [0.1, 0.15) is 28.3 Å². The molecule has 0 aliphatic carbocycles. The van der Waals surface area contributed by atoms with Crippen LogP contribution < -0.4 is 15.8 Å². The molecule has 100 valence electrons. The molecule has 7 nitrogen and oxygen atoms in total. The molecule has 1 amide bonds. The Balaban J connectivity index is 2.08. The highest BCUT2D eigenvalue weighted by atomic mass is 32.1. The number of hydrogen-bond donors (Lipinski definition) is 2. The summed E-state index contributed by atoms with van der Waals surface area (Å²) in [4.78, 5) is 16.0. The van der Waals surface area contributed by atoms with Crippen LogP contribution in [0.5, 0.6) is 5.88 Å². The quantitative estimate of drug-likeness (QED) is 0.866. The van der Waals surface area contributed by atoms with E-state index in [0.717, 1.165) is 0 Å². The summed E-state index contributed by atoms with van der Waals surface area (Å²) in [6.45, 7) is 1.82. The van der Waals surface area contributed by atoms with Gasteiger partial charge in [0.1, 0.15) is 5.01 Å². The summed E-state index contributed by atoms with van der Waals surface area (Å²) in [5.74, 6) is 0.155. The van der Waals surface area contributed by atoms with E-state index in [1.165, 1.54) is 24.6 Å². The predicted molar refractivity (Wildman–Crippen MR) is 71.0 cm³/mol. The Kier molecular flexibility index (Phi) is 3.91. The number of nitrogens with two attached hydrogens (primary N) is 1. The monoisotopic (exact) mass is 279 g/mol. The fourth-order valence-electron chi connectivity index (χ4n) is 1.43. The highest BCUT2D eigenvalue weighted by Crippen LogP contribution is 2.19. The number of aromatic nitrogens is 3. The van der Waals surface area contributed by atoms with Gasteiger partial charge in [-0.15, -0.1) is 10.2 Å². The van der Waals surface area contributed by atoms with Crippen LogP contribution >= 0.6 is 11.3 Å². The van der Waals surface area contributed by atoms with Crippen LogP contribution in [0.15, 0.2) is 18.3 Å². The zero-order chi connectivity index (χ0) is 13.8. The van der Waals surface area contributed by atoms with Crippen LogP contribution in [-0.4, -0.2) is 28.2 Å². The Hall–Kier alpha value is -2.22. The summed E-state index contributed by atoms with van der Waals surface area (Å²) in [6, 6.07) is 2.91. The van der Waals surface area contributed by atoms with Crippen molar-refractivity contribution in [2.24, 2.45) is 0 Å². The van der Waals surface area contributed by atoms with Gasteiger partial charge in [0.2, 0.25) is 11.0 Å². The number of anilines is 1. The van der Waals surface area contributed by atoms with Crippen LogP contribution in [-0.2, 0) is 0 Å². The van der Waals surface area contributed by atoms with E-state index in [1.807, 2.05) is 6.92 Å². The first-order valence-electron chi connectivity index (χ1n) is 5.50. The molecule has 8 heteroatoms. The third kappa shape index (κ3) is 3.16. The van der Waals surface area contributed by atoms with Gasteiger partial charge in [0.15, 0.2) is 0 Å². The van der Waals surface area contributed by atoms with E-state index in [1.54, 1.807) is 12.1 Å². The fourth-order valence-corrected chi connectivity index (χ4v) is 2.04. The first-order valence-corrected chi connectivity index (χ1v) is 6.31. The molecule has 0 aromatic carbocycles. The number of carbonyl (C=O) groups excluding carboxylic acids is 1. The summed E-state index contributed by atoms with van der Waals surface area (Å²) in [6.07, 6.45) is 1.52. The number of amides is 1. The van der Waals surface area contributed by atoms with Gasteiger partial charge in [-0.1, -0.05) is 11.3 Å². The van der Waals surface area contributed by atoms with Gasteiger partial charge in [-0.25, -0.2) is 4.98 Å². The van der Waals surface area contributed by atoms with Crippen molar-refractivity contribution in [2.75, 3.05) is 12.8 Å². The number of methoxy groups -OCH3 is 1. The largest absolute Gasteiger partial charge is 0.481 e. The van der Waals surface area contributed by atoms with Crippen LogP contribution in [0.3, 0.4) is 0 Å². The van der Waals surface area contributed by atoms with Gasteiger partial charge in [-0.2, -0.15) is 0 Å². The van der Waals surface area contributed by atoms with Crippen molar-refractivity contribution >= 4 is 22.4 Å². The first-order chi connectivity index (χ1) is 9.10. The van der Waals surface area contributed by atoms with Gasteiger partial charge >= 0.3 is 0 Å². The Labute approximate surface area is 113 Å². The van der Waals surface area contributed by atoms with E-state index in [-0.39, 0.29) is 11.9 Å². The third-order valence-electron chi connectivity index (χ3n) is 2.38. The molecule has 0 aliphatic heterocycles. The molecule has 0 unspecified atom stereocenters. The Morgan fingerprint density at radius 2 is 2.32 bits per heavy atom. The molecule has 1 atom stereocenters. The number of carbonyl (C=O) groups is 1. The van der Waals surface area contributed by atoms with Crippen LogP contribution in [0.4, 0.5) is 5.13 Å². The highest BCUT2D eigenvalue weighted by Gasteiger charge is 2.15. The Bertz CT molecular complexity index is 586. The minimum absolute atomic E-state index is 0.234. The molecular weight excluding hydrogens is 266 g/mol. The number of nitrogens with one attached hydrogen (secondary N) is 1. The summed E-state index contributed by atoms with van der Waals surface area (Å²) in [7, 11) is 1.50. The zero-order valence-corrected chi connectivity index (χ0v) is 11.3. The lowest BCUT2D eigenvalue weighted by Crippen LogP contribution is -2.26. The summed E-state index contributed by atoms with van der Waals surface area (Å²) >= 11 is 1.24. The number of pyridine rings is 1. The van der Waals surface area contributed by atoms with E-state index in [4.69, 9.17) is 10.5 Å². The Morgan fingerprint density at radius 3 is 2.95 bits per heavy atom. The first kappa shape index (κ1) is 13.2. The maximum Gasteiger partial charge on any atom is 0.252 e. The minimum atomic E-state index is -0.263. The number of nitrogen functional groups attached to an aromatic ring is 1. The van der Waals surface area contributed by atoms with Crippen molar-refractivity contribution in [1.29, 1.82) is 0 Å². The molecule has 0 saturated heterocycles. The van der Waals surface area contributed by atoms with Gasteiger partial charge in [0, 0.05) is 17.8 Å². The van der Waals surface area contributed by atoms with Gasteiger partial charge in [0.25, 0.3) is 5.91 Å². The predicted octanol–water partition coefficient (Wildman–Crippen LogP) is 1.01. The molecule has 3 N–H and O–H groups in total. The second kappa shape index (κ2) is 5.61. The molecule has 2 aromatic rings. The lowest BCUT2D eigenvalue weighted by molar-refractivity contribution is 0.0939. The van der Waals surface area contributed by atoms with E-state index in [9.17, 15) is 4.79 Å². The molecule has 19 heavy (non-hydrogen) atoms. The van der Waals surface area contributed by atoms with E-state index in [0.29, 0.717) is 21.6 Å². The van der Waals surface area contributed by atoms with Crippen LogP contribution in [0, 0.1) is 0 Å². The second-order valence-corrected chi connectivity index (χ2v) is 4.80. The van der Waals surface area contributed by atoms with E-state index < -0.39 is 0 Å². The van der Waals surface area contributed by atoms with Crippen molar-refractivity contribution < 1.29 is 9.53 Å². The van der Waals surface area contributed by atoms with Gasteiger partial charge < -0.3 is 15.8 Å². The minimum Gasteiger partial charge on any atom is -0.481 e. The maximum atomic E-state index is 12.0. The normalized spacial score (nSPS) is 11.9. The molecule has 0 aliphatic rings. The van der Waals surface area contributed by atoms with Crippen molar-refractivity contribution in [3.63, 3.8) is 0 Å². The van der Waals surface area contributed by atoms with Crippen LogP contribution in [0.25, 0.3) is 0 Å². The van der Waals surface area contributed by atoms with Gasteiger partial charge in [-0.3, -0.25) is 4.79 Å². The summed E-state index contributed by atoms with van der Waals surface area (Å²) in [5.41, 5.74) is 5.97. The van der Waals surface area contributed by atoms with Crippen molar-refractivity contribution in [2.45, 2.75) is 13.0 Å². The van der Waals surface area contributed by atoms with Crippen molar-refractivity contribution in [3.8, 4) is 5.88 Å². The summed E-state index contributed by atoms with van der Waals surface area (Å²) < 4.78 is 4.97. The topological polar surface area (TPSA) is 103 Å². The SMILES string of the molecule is COc1cc(C(=O)N[C@H](C)c2nnc(N)s2)ccn1. The number of hydrogen-bond acceptors (Lipinski definition) is 7. The third-order valence-corrected chi connectivity index (χ3v) is 3.32. The fraction of sp³-hybridized carbons (Fsp3) is 0.273. The Morgan fingerprint density at radius 1 is 1.53 bits per heavy atom. The van der Waals surface area contributed by atoms with Gasteiger partial charge in [-0.05, 0) is 13.0 Å². The van der Waals surface area contributed by atoms with E-state index in [2.05, 4.69) is 20.5 Å². The molecule has 2 aromatic heterocycles. The van der Waals surface area contributed by atoms with Crippen molar-refractivity contribution in [1.82, 2.24) is 20.5 Å². The number of ether oxygens (including phenoxy) is 1. The van der Waals surface area contributed by atoms with E-state index >= 15 is 0 Å². The average molecular weight is 279 g/mol. The zero-order valence-electron chi connectivity index (χ0n) is 10.5. The standard InChI is InChI=1S/C11H13N5O2S/c1-6(10-15-16-11(12)19-10)14-9(17)7-3-4-13-8(5-7)18-2/h3-6H,1-2H3,(H2,12,16)(H,14,17)/t6-/m1/s1. The smallest absolute Gasteiger partial charge is 0.252 e. The molecule has 0 bridgehead atoms. The molecule has 0 spiro atoms. The number of nitrogens with zero attached hydrogens (tertiary/aromatic N) is 3. The molecule has 0 radical (unpaired) electrons. The maximum absolute atomic E-state index is 12.0. The van der Waals surface area contributed by atoms with Crippen molar-refractivity contribution in [3.05, 3.63) is 28.9 Å². The summed E-state index contributed by atoms with van der Waals surface area (Å²) in [5, 5.41) is 11.4. The second-order valence-electron chi connectivity index (χ2n) is 3.76. The molecule has 0 fully saturated rings.